The molecule has 6 rings (SSSR count). The van der Waals surface area contributed by atoms with Crippen molar-refractivity contribution >= 4 is 23.3 Å². The standard InChI is InChI=1S/C35H39ClF2N2O3/c1-21(20-43-31-9-14-39-30-8-3-5-22(2)32(30)31)15-24-16-23-17-28(37)29(38)19-27(23)34(24)10-12-35(13-11-34,33(41)42)40-26-7-4-6-25(36)18-26/h4,6-7,9,14,17-19,21-22,24,40H,3,5,8,10-13,15-16,20H2,1-2H3,(H,41,42)/t21-,22-,24?,34?,35?/m1/s1. The van der Waals surface area contributed by atoms with Crippen LogP contribution in [0.4, 0.5) is 14.5 Å². The molecule has 3 aliphatic carbocycles. The maximum Gasteiger partial charge on any atom is 0.329 e. The van der Waals surface area contributed by atoms with E-state index in [4.69, 9.17) is 16.3 Å². The zero-order valence-corrected chi connectivity index (χ0v) is 25.5. The third-order valence-corrected chi connectivity index (χ3v) is 10.6. The van der Waals surface area contributed by atoms with Gasteiger partial charge >= 0.3 is 5.97 Å². The molecule has 2 aromatic carbocycles. The first-order valence-corrected chi connectivity index (χ1v) is 15.8. The molecule has 1 heterocycles. The molecule has 1 fully saturated rings. The topological polar surface area (TPSA) is 71.5 Å². The van der Waals surface area contributed by atoms with Crippen LogP contribution < -0.4 is 10.1 Å². The lowest BCUT2D eigenvalue weighted by molar-refractivity contribution is -0.144. The summed E-state index contributed by atoms with van der Waals surface area (Å²) in [5, 5.41) is 14.2. The number of rotatable bonds is 8. The lowest BCUT2D eigenvalue weighted by Gasteiger charge is -2.47. The number of ether oxygens (including phenoxy) is 1. The molecular formula is C35H39ClF2N2O3. The van der Waals surface area contributed by atoms with Gasteiger partial charge in [-0.2, -0.15) is 0 Å². The van der Waals surface area contributed by atoms with Gasteiger partial charge in [-0.25, -0.2) is 13.6 Å². The van der Waals surface area contributed by atoms with Crippen LogP contribution in [0, 0.1) is 23.5 Å². The van der Waals surface area contributed by atoms with Crippen molar-refractivity contribution in [2.45, 2.75) is 88.5 Å². The fraction of sp³-hybridized carbons (Fsp3) is 0.486. The summed E-state index contributed by atoms with van der Waals surface area (Å²) >= 11 is 6.18. The Balaban J connectivity index is 1.23. The number of carboxylic acids is 1. The summed E-state index contributed by atoms with van der Waals surface area (Å²) in [4.78, 5) is 17.3. The number of aromatic nitrogens is 1. The highest BCUT2D eigenvalue weighted by Gasteiger charge is 2.54. The average molecular weight is 609 g/mol. The molecule has 1 unspecified atom stereocenters. The van der Waals surface area contributed by atoms with Gasteiger partial charge in [-0.1, -0.05) is 31.5 Å². The maximum atomic E-state index is 14.7. The fourth-order valence-corrected chi connectivity index (χ4v) is 8.29. The highest BCUT2D eigenvalue weighted by molar-refractivity contribution is 6.30. The minimum absolute atomic E-state index is 0.116. The number of nitrogens with one attached hydrogen (secondary N) is 1. The lowest BCUT2D eigenvalue weighted by Crippen LogP contribution is -2.53. The van der Waals surface area contributed by atoms with Crippen LogP contribution >= 0.6 is 11.6 Å². The first kappa shape index (κ1) is 29.9. The van der Waals surface area contributed by atoms with Crippen LogP contribution in [0.25, 0.3) is 0 Å². The Morgan fingerprint density at radius 1 is 1.16 bits per heavy atom. The van der Waals surface area contributed by atoms with Gasteiger partial charge in [0.1, 0.15) is 11.3 Å². The number of nitrogens with zero attached hydrogens (tertiary/aromatic N) is 1. The molecule has 8 heteroatoms. The molecule has 0 amide bonds. The quantitative estimate of drug-likeness (QED) is 0.268. The number of aryl methyl sites for hydroxylation is 1. The summed E-state index contributed by atoms with van der Waals surface area (Å²) in [5.41, 5.74) is 3.07. The summed E-state index contributed by atoms with van der Waals surface area (Å²) in [6.45, 7) is 4.93. The summed E-state index contributed by atoms with van der Waals surface area (Å²) < 4.78 is 35.5. The van der Waals surface area contributed by atoms with Crippen LogP contribution in [0.5, 0.6) is 5.75 Å². The van der Waals surface area contributed by atoms with Gasteiger partial charge < -0.3 is 15.2 Å². The van der Waals surface area contributed by atoms with Crippen LogP contribution in [0.1, 0.15) is 87.1 Å². The van der Waals surface area contributed by atoms with E-state index < -0.39 is 28.6 Å². The number of anilines is 1. The smallest absolute Gasteiger partial charge is 0.329 e. The summed E-state index contributed by atoms with van der Waals surface area (Å²) in [6.07, 6.45) is 8.35. The van der Waals surface area contributed by atoms with Crippen LogP contribution in [-0.2, 0) is 23.1 Å². The van der Waals surface area contributed by atoms with Crippen molar-refractivity contribution in [3.63, 3.8) is 0 Å². The Kier molecular flexibility index (Phi) is 8.14. The number of hydrogen-bond donors (Lipinski definition) is 2. The van der Waals surface area contributed by atoms with E-state index in [2.05, 4.69) is 24.1 Å². The van der Waals surface area contributed by atoms with E-state index in [-0.39, 0.29) is 11.8 Å². The number of benzene rings is 2. The van der Waals surface area contributed by atoms with Crippen LogP contribution in [0.3, 0.4) is 0 Å². The van der Waals surface area contributed by atoms with Gasteiger partial charge in [0.25, 0.3) is 0 Å². The van der Waals surface area contributed by atoms with Crippen molar-refractivity contribution < 1.29 is 23.4 Å². The van der Waals surface area contributed by atoms with Crippen molar-refractivity contribution in [2.24, 2.45) is 11.8 Å². The second-order valence-corrected chi connectivity index (χ2v) is 13.6. The van der Waals surface area contributed by atoms with Gasteiger partial charge in [-0.05, 0) is 128 Å². The number of fused-ring (bicyclic) bond motifs is 3. The van der Waals surface area contributed by atoms with E-state index in [9.17, 15) is 18.7 Å². The molecule has 228 valence electrons. The van der Waals surface area contributed by atoms with Crippen LogP contribution in [-0.4, -0.2) is 28.2 Å². The van der Waals surface area contributed by atoms with Gasteiger partial charge in [-0.15, -0.1) is 0 Å². The van der Waals surface area contributed by atoms with Gasteiger partial charge in [0.05, 0.1) is 6.61 Å². The van der Waals surface area contributed by atoms with Crippen molar-refractivity contribution in [3.05, 3.63) is 87.7 Å². The third-order valence-electron chi connectivity index (χ3n) is 10.3. The van der Waals surface area contributed by atoms with Crippen molar-refractivity contribution in [1.29, 1.82) is 0 Å². The molecule has 1 spiro atoms. The van der Waals surface area contributed by atoms with Gasteiger partial charge in [0.2, 0.25) is 0 Å². The Labute approximate surface area is 257 Å². The molecule has 43 heavy (non-hydrogen) atoms. The van der Waals surface area contributed by atoms with Gasteiger partial charge in [0.15, 0.2) is 11.6 Å². The molecule has 0 radical (unpaired) electrons. The summed E-state index contributed by atoms with van der Waals surface area (Å²) in [7, 11) is 0. The highest BCUT2D eigenvalue weighted by Crippen LogP contribution is 2.56. The predicted octanol–water partition coefficient (Wildman–Crippen LogP) is 8.48. The molecule has 0 aliphatic heterocycles. The molecule has 1 aromatic heterocycles. The molecule has 3 aliphatic rings. The summed E-state index contributed by atoms with van der Waals surface area (Å²) in [5.74, 6) is -0.973. The molecule has 1 saturated carbocycles. The monoisotopic (exact) mass is 608 g/mol. The number of carboxylic acid groups (broad SMARTS) is 1. The molecule has 0 saturated heterocycles. The number of aliphatic carboxylic acids is 1. The first-order chi connectivity index (χ1) is 20.6. The van der Waals surface area contributed by atoms with E-state index in [0.29, 0.717) is 55.3 Å². The Bertz CT molecular complexity index is 1520. The van der Waals surface area contributed by atoms with E-state index in [0.717, 1.165) is 48.3 Å². The molecule has 2 N–H and O–H groups in total. The second kappa shape index (κ2) is 11.7. The average Bonchev–Trinajstić information content (AvgIpc) is 3.24. The Morgan fingerprint density at radius 2 is 1.93 bits per heavy atom. The molecule has 3 atom stereocenters. The van der Waals surface area contributed by atoms with Crippen molar-refractivity contribution in [3.8, 4) is 5.75 Å². The minimum atomic E-state index is -1.17. The van der Waals surface area contributed by atoms with E-state index in [1.54, 1.807) is 18.2 Å². The molecular weight excluding hydrogens is 570 g/mol. The zero-order chi connectivity index (χ0) is 30.4. The maximum absolute atomic E-state index is 14.7. The number of pyridine rings is 1. The highest BCUT2D eigenvalue weighted by atomic mass is 35.5. The fourth-order valence-electron chi connectivity index (χ4n) is 8.10. The normalized spacial score (nSPS) is 26.9. The van der Waals surface area contributed by atoms with Gasteiger partial charge in [-0.3, -0.25) is 4.98 Å². The lowest BCUT2D eigenvalue weighted by atomic mass is 9.59. The molecule has 3 aromatic rings. The number of halogens is 3. The van der Waals surface area contributed by atoms with Crippen LogP contribution in [0.15, 0.2) is 48.7 Å². The van der Waals surface area contributed by atoms with Gasteiger partial charge in [0, 0.05) is 28.2 Å². The Morgan fingerprint density at radius 3 is 2.67 bits per heavy atom. The van der Waals surface area contributed by atoms with E-state index in [1.807, 2.05) is 18.3 Å². The van der Waals surface area contributed by atoms with E-state index >= 15 is 0 Å². The Hall–Kier alpha value is -3.19. The van der Waals surface area contributed by atoms with Crippen molar-refractivity contribution in [2.75, 3.05) is 11.9 Å². The summed E-state index contributed by atoms with van der Waals surface area (Å²) in [6, 6.07) is 11.8. The third kappa shape index (κ3) is 5.61. The predicted molar refractivity (Wildman–Crippen MR) is 164 cm³/mol. The number of hydrogen-bond acceptors (Lipinski definition) is 4. The largest absolute Gasteiger partial charge is 0.493 e. The zero-order valence-electron chi connectivity index (χ0n) is 24.8. The SMILES string of the molecule is C[C@@H](COc1ccnc2c1[C@H](C)CCC2)CC1Cc2cc(F)c(F)cc2C12CCC(Nc1cccc(Cl)c1)(C(=O)O)CC2. The molecule has 5 nitrogen and oxygen atoms in total. The minimum Gasteiger partial charge on any atom is -0.493 e. The van der Waals surface area contributed by atoms with E-state index in [1.165, 1.54) is 17.7 Å². The number of carbonyl (C=O) groups is 1. The van der Waals surface area contributed by atoms with Crippen molar-refractivity contribution in [1.82, 2.24) is 4.98 Å². The molecule has 0 bridgehead atoms. The van der Waals surface area contributed by atoms with Crippen LogP contribution in [0.2, 0.25) is 5.02 Å². The second-order valence-electron chi connectivity index (χ2n) is 13.1. The first-order valence-electron chi connectivity index (χ1n) is 15.5.